The molecule has 0 unspecified atom stereocenters. The number of hydrogen-bond acceptors (Lipinski definition) is 2. The molecule has 0 saturated carbocycles. The first-order valence-corrected chi connectivity index (χ1v) is 10.4. The summed E-state index contributed by atoms with van der Waals surface area (Å²) in [5.41, 5.74) is 1.31. The molecule has 0 N–H and O–H groups in total. The Hall–Kier alpha value is -2.92. The lowest BCUT2D eigenvalue weighted by molar-refractivity contribution is -0.274. The van der Waals surface area contributed by atoms with Gasteiger partial charge < -0.3 is 4.74 Å². The minimum Gasteiger partial charge on any atom is -0.406 e. The predicted molar refractivity (Wildman–Crippen MR) is 113 cm³/mol. The van der Waals surface area contributed by atoms with E-state index in [2.05, 4.69) is 28.1 Å². The standard InChI is InChI=1S/C25H23F6NO/c1-17(2)6-15-23(19-9-13-21(14-10-19)33-25(29,30)31)32-16-4-3-5-22(32)18-7-11-20(12-8-18)24(26,27)28/h7-14,22-23H,1,3-5,16H2,2H3/t22-,23+/m1/s1. The quantitative estimate of drug-likeness (QED) is 0.342. The number of halogens is 6. The number of rotatable bonds is 4. The fourth-order valence-electron chi connectivity index (χ4n) is 3.92. The minimum atomic E-state index is -4.79. The number of nitrogens with zero attached hydrogens (tertiary/aromatic N) is 1. The predicted octanol–water partition coefficient (Wildman–Crippen LogP) is 7.45. The number of alkyl halides is 6. The van der Waals surface area contributed by atoms with Crippen LogP contribution in [0, 0.1) is 11.8 Å². The summed E-state index contributed by atoms with van der Waals surface area (Å²) >= 11 is 0. The summed E-state index contributed by atoms with van der Waals surface area (Å²) in [6, 6.07) is 9.95. The first-order valence-electron chi connectivity index (χ1n) is 10.4. The van der Waals surface area contributed by atoms with Gasteiger partial charge in [0.15, 0.2) is 0 Å². The van der Waals surface area contributed by atoms with Crippen LogP contribution in [0.2, 0.25) is 0 Å². The summed E-state index contributed by atoms with van der Waals surface area (Å²) in [4.78, 5) is 2.08. The third-order valence-electron chi connectivity index (χ3n) is 5.35. The van der Waals surface area contributed by atoms with E-state index in [9.17, 15) is 26.3 Å². The fourth-order valence-corrected chi connectivity index (χ4v) is 3.92. The molecule has 0 spiro atoms. The van der Waals surface area contributed by atoms with E-state index in [-0.39, 0.29) is 11.8 Å². The molecular weight excluding hydrogens is 444 g/mol. The van der Waals surface area contributed by atoms with Crippen molar-refractivity contribution in [3.63, 3.8) is 0 Å². The lowest BCUT2D eigenvalue weighted by Crippen LogP contribution is -2.36. The van der Waals surface area contributed by atoms with Crippen molar-refractivity contribution in [1.29, 1.82) is 0 Å². The number of piperidine rings is 1. The third kappa shape index (κ3) is 6.78. The molecule has 0 aromatic heterocycles. The van der Waals surface area contributed by atoms with Gasteiger partial charge in [-0.1, -0.05) is 49.1 Å². The molecule has 2 nitrogen and oxygen atoms in total. The molecule has 1 heterocycles. The highest BCUT2D eigenvalue weighted by Gasteiger charge is 2.34. The normalized spacial score (nSPS) is 18.2. The highest BCUT2D eigenvalue weighted by molar-refractivity contribution is 5.37. The van der Waals surface area contributed by atoms with Crippen LogP contribution in [-0.2, 0) is 6.18 Å². The third-order valence-corrected chi connectivity index (χ3v) is 5.35. The largest absolute Gasteiger partial charge is 0.573 e. The van der Waals surface area contributed by atoms with Gasteiger partial charge in [-0.05, 0) is 60.7 Å². The van der Waals surface area contributed by atoms with Crippen molar-refractivity contribution in [1.82, 2.24) is 4.90 Å². The van der Waals surface area contributed by atoms with Gasteiger partial charge in [0.1, 0.15) is 5.75 Å². The van der Waals surface area contributed by atoms with E-state index in [1.165, 1.54) is 36.4 Å². The molecule has 0 bridgehead atoms. The van der Waals surface area contributed by atoms with Gasteiger partial charge in [0.25, 0.3) is 0 Å². The van der Waals surface area contributed by atoms with Crippen LogP contribution in [0.4, 0.5) is 26.3 Å². The van der Waals surface area contributed by atoms with Gasteiger partial charge in [-0.15, -0.1) is 13.2 Å². The van der Waals surface area contributed by atoms with Crippen LogP contribution in [-0.4, -0.2) is 17.8 Å². The van der Waals surface area contributed by atoms with Gasteiger partial charge in [-0.3, -0.25) is 4.90 Å². The van der Waals surface area contributed by atoms with E-state index in [0.717, 1.165) is 37.0 Å². The van der Waals surface area contributed by atoms with Crippen LogP contribution in [0.15, 0.2) is 60.7 Å². The van der Waals surface area contributed by atoms with E-state index >= 15 is 0 Å². The van der Waals surface area contributed by atoms with Crippen molar-refractivity contribution in [3.05, 3.63) is 77.4 Å². The monoisotopic (exact) mass is 467 g/mol. The molecule has 0 amide bonds. The first kappa shape index (κ1) is 24.7. The first-order chi connectivity index (χ1) is 15.4. The molecule has 33 heavy (non-hydrogen) atoms. The van der Waals surface area contributed by atoms with Crippen LogP contribution in [0.3, 0.4) is 0 Å². The second kappa shape index (κ2) is 9.92. The van der Waals surface area contributed by atoms with Crippen LogP contribution in [0.1, 0.15) is 55.0 Å². The summed E-state index contributed by atoms with van der Waals surface area (Å²) < 4.78 is 80.4. The smallest absolute Gasteiger partial charge is 0.406 e. The molecule has 2 atom stereocenters. The van der Waals surface area contributed by atoms with Crippen LogP contribution in [0.25, 0.3) is 0 Å². The van der Waals surface area contributed by atoms with Crippen molar-refractivity contribution in [2.45, 2.75) is 50.8 Å². The van der Waals surface area contributed by atoms with Gasteiger partial charge in [-0.25, -0.2) is 0 Å². The van der Waals surface area contributed by atoms with Crippen LogP contribution < -0.4 is 4.74 Å². The topological polar surface area (TPSA) is 12.5 Å². The van der Waals surface area contributed by atoms with E-state index in [4.69, 9.17) is 0 Å². The molecule has 176 valence electrons. The Labute approximate surface area is 188 Å². The molecule has 3 rings (SSSR count). The van der Waals surface area contributed by atoms with E-state index in [1.807, 2.05) is 0 Å². The van der Waals surface area contributed by atoms with Crippen LogP contribution in [0.5, 0.6) is 5.75 Å². The molecule has 1 aliphatic rings. The summed E-state index contributed by atoms with van der Waals surface area (Å²) in [6.07, 6.45) is -6.70. The molecule has 1 saturated heterocycles. The van der Waals surface area contributed by atoms with Crippen molar-refractivity contribution in [2.75, 3.05) is 6.54 Å². The molecule has 1 fully saturated rings. The van der Waals surface area contributed by atoms with Crippen molar-refractivity contribution in [3.8, 4) is 17.6 Å². The molecule has 0 radical (unpaired) electrons. The minimum absolute atomic E-state index is 0.184. The van der Waals surface area contributed by atoms with E-state index < -0.39 is 24.1 Å². The van der Waals surface area contributed by atoms with Crippen molar-refractivity contribution in [2.24, 2.45) is 0 Å². The summed E-state index contributed by atoms with van der Waals surface area (Å²) in [5.74, 6) is 5.75. The van der Waals surface area contributed by atoms with Gasteiger partial charge >= 0.3 is 12.5 Å². The second-order valence-electron chi connectivity index (χ2n) is 7.94. The summed E-state index contributed by atoms with van der Waals surface area (Å²) in [6.45, 7) is 6.17. The summed E-state index contributed by atoms with van der Waals surface area (Å²) in [5, 5.41) is 0. The lowest BCUT2D eigenvalue weighted by Gasteiger charge is -2.40. The van der Waals surface area contributed by atoms with Gasteiger partial charge in [0, 0.05) is 12.6 Å². The van der Waals surface area contributed by atoms with Crippen LogP contribution >= 0.6 is 0 Å². The Morgan fingerprint density at radius 1 is 1.00 bits per heavy atom. The van der Waals surface area contributed by atoms with E-state index in [0.29, 0.717) is 17.7 Å². The number of likely N-dealkylation sites (tertiary alicyclic amines) is 1. The van der Waals surface area contributed by atoms with E-state index in [1.54, 1.807) is 6.92 Å². The Bertz CT molecular complexity index is 1010. The van der Waals surface area contributed by atoms with Gasteiger partial charge in [0.05, 0.1) is 11.6 Å². The highest BCUT2D eigenvalue weighted by atomic mass is 19.4. The molecule has 2 aromatic carbocycles. The zero-order valence-corrected chi connectivity index (χ0v) is 17.9. The number of ether oxygens (including phenoxy) is 1. The number of allylic oxidation sites excluding steroid dienone is 1. The SMILES string of the molecule is C=C(C)C#C[C@@H](c1ccc(OC(F)(F)F)cc1)N1CCCC[C@@H]1c1ccc(C(F)(F)F)cc1. The number of hydrogen-bond donors (Lipinski definition) is 0. The van der Waals surface area contributed by atoms with Crippen molar-refractivity contribution >= 4 is 0 Å². The van der Waals surface area contributed by atoms with Crippen molar-refractivity contribution < 1.29 is 31.1 Å². The molecule has 1 aliphatic heterocycles. The molecular formula is C25H23F6NO. The lowest BCUT2D eigenvalue weighted by atomic mass is 9.91. The zero-order chi connectivity index (χ0) is 24.2. The summed E-state index contributed by atoms with van der Waals surface area (Å²) in [7, 11) is 0. The average Bonchev–Trinajstić information content (AvgIpc) is 2.73. The fraction of sp³-hybridized carbons (Fsp3) is 0.360. The Balaban J connectivity index is 1.95. The van der Waals surface area contributed by atoms with Gasteiger partial charge in [-0.2, -0.15) is 13.2 Å². The molecule has 8 heteroatoms. The maximum atomic E-state index is 13.0. The highest BCUT2D eigenvalue weighted by Crippen LogP contribution is 2.39. The number of benzene rings is 2. The zero-order valence-electron chi connectivity index (χ0n) is 17.9. The Morgan fingerprint density at radius 2 is 1.64 bits per heavy atom. The Kier molecular flexibility index (Phi) is 7.43. The maximum Gasteiger partial charge on any atom is 0.573 e. The average molecular weight is 467 g/mol. The Morgan fingerprint density at radius 3 is 2.18 bits per heavy atom. The maximum absolute atomic E-state index is 13.0. The molecule has 0 aliphatic carbocycles. The second-order valence-corrected chi connectivity index (χ2v) is 7.94. The van der Waals surface area contributed by atoms with Gasteiger partial charge in [0.2, 0.25) is 0 Å². The molecule has 2 aromatic rings.